The molecule has 0 saturated carbocycles. The normalized spacial score (nSPS) is 22.3. The number of aryl methyl sites for hydroxylation is 2. The Labute approximate surface area is 125 Å². The molecular weight excluding hydrogens is 292 g/mol. The van der Waals surface area contributed by atoms with Gasteiger partial charge in [0.2, 0.25) is 0 Å². The van der Waals surface area contributed by atoms with Crippen LogP contribution in [0.3, 0.4) is 0 Å². The van der Waals surface area contributed by atoms with E-state index in [1.54, 1.807) is 15.9 Å². The number of aromatic nitrogens is 2. The summed E-state index contributed by atoms with van der Waals surface area (Å²) >= 11 is 7.12. The number of fused-ring (bicyclic) bond motifs is 3. The van der Waals surface area contributed by atoms with Gasteiger partial charge in [-0.05, 0) is 49.9 Å². The standard InChI is InChI=1S/C14H16N2O2S2/c17-13-11-9-3-1-2-4-10(9)20-12(11)15-14(19)16(13)8-5-6-18-7-8/h8H,1-7H2,(H,15,19). The van der Waals surface area contributed by atoms with Crippen molar-refractivity contribution in [3.8, 4) is 0 Å². The van der Waals surface area contributed by atoms with Gasteiger partial charge < -0.3 is 9.72 Å². The highest BCUT2D eigenvalue weighted by Gasteiger charge is 2.24. The SMILES string of the molecule is O=c1c2c3c(sc2[nH]c(=S)n1C1CCOC1)CCCC3. The predicted molar refractivity (Wildman–Crippen MR) is 82.4 cm³/mol. The molecule has 4 nitrogen and oxygen atoms in total. The molecule has 2 aliphatic rings. The fourth-order valence-electron chi connectivity index (χ4n) is 3.31. The summed E-state index contributed by atoms with van der Waals surface area (Å²) in [5, 5.41) is 0.880. The van der Waals surface area contributed by atoms with Crippen LogP contribution in [0.5, 0.6) is 0 Å². The minimum Gasteiger partial charge on any atom is -0.379 e. The number of ether oxygens (including phenoxy) is 1. The summed E-state index contributed by atoms with van der Waals surface area (Å²) in [5.41, 5.74) is 1.35. The van der Waals surface area contributed by atoms with E-state index in [0.717, 1.165) is 29.5 Å². The van der Waals surface area contributed by atoms with Crippen LogP contribution in [-0.4, -0.2) is 22.8 Å². The van der Waals surface area contributed by atoms with E-state index in [9.17, 15) is 4.79 Å². The summed E-state index contributed by atoms with van der Waals surface area (Å²) in [4.78, 5) is 18.5. The predicted octanol–water partition coefficient (Wildman–Crippen LogP) is 2.96. The zero-order valence-corrected chi connectivity index (χ0v) is 12.7. The molecule has 1 aliphatic carbocycles. The maximum absolute atomic E-state index is 12.9. The lowest BCUT2D eigenvalue weighted by molar-refractivity contribution is 0.185. The molecule has 2 aromatic heterocycles. The van der Waals surface area contributed by atoms with Gasteiger partial charge in [-0.3, -0.25) is 9.36 Å². The van der Waals surface area contributed by atoms with Gasteiger partial charge in [-0.25, -0.2) is 0 Å². The van der Waals surface area contributed by atoms with Gasteiger partial charge in [-0.1, -0.05) is 0 Å². The fraction of sp³-hybridized carbons (Fsp3) is 0.571. The average Bonchev–Trinajstić information content (AvgIpc) is 3.05. The molecule has 6 heteroatoms. The zero-order chi connectivity index (χ0) is 13.7. The summed E-state index contributed by atoms with van der Waals surface area (Å²) in [7, 11) is 0. The Kier molecular flexibility index (Phi) is 3.05. The highest BCUT2D eigenvalue weighted by atomic mass is 32.1. The molecule has 0 amide bonds. The third kappa shape index (κ3) is 1.82. The van der Waals surface area contributed by atoms with Gasteiger partial charge in [-0.2, -0.15) is 0 Å². The first-order chi connectivity index (χ1) is 9.75. The van der Waals surface area contributed by atoms with Gasteiger partial charge in [0.05, 0.1) is 18.0 Å². The number of hydrogen-bond acceptors (Lipinski definition) is 4. The highest BCUT2D eigenvalue weighted by molar-refractivity contribution is 7.71. The van der Waals surface area contributed by atoms with Gasteiger partial charge in [0.25, 0.3) is 5.56 Å². The van der Waals surface area contributed by atoms with Crippen LogP contribution in [0, 0.1) is 4.77 Å². The number of nitrogens with one attached hydrogen (secondary N) is 1. The Morgan fingerprint density at radius 1 is 1.35 bits per heavy atom. The minimum absolute atomic E-state index is 0.0821. The van der Waals surface area contributed by atoms with E-state index < -0.39 is 0 Å². The van der Waals surface area contributed by atoms with Gasteiger partial charge >= 0.3 is 0 Å². The van der Waals surface area contributed by atoms with Crippen LogP contribution in [0.15, 0.2) is 4.79 Å². The molecule has 1 fully saturated rings. The second-order valence-corrected chi connectivity index (χ2v) is 7.03. The second-order valence-electron chi connectivity index (χ2n) is 5.54. The molecule has 0 spiro atoms. The van der Waals surface area contributed by atoms with E-state index in [4.69, 9.17) is 17.0 Å². The molecule has 106 valence electrons. The summed E-state index contributed by atoms with van der Waals surface area (Å²) in [6.45, 7) is 1.31. The molecule has 4 rings (SSSR count). The van der Waals surface area contributed by atoms with Crippen molar-refractivity contribution < 1.29 is 4.74 Å². The quantitative estimate of drug-likeness (QED) is 0.824. The first-order valence-corrected chi connectivity index (χ1v) is 8.35. The van der Waals surface area contributed by atoms with Crippen LogP contribution >= 0.6 is 23.6 Å². The second kappa shape index (κ2) is 4.79. The lowest BCUT2D eigenvalue weighted by Gasteiger charge is -2.13. The number of rotatable bonds is 1. The summed E-state index contributed by atoms with van der Waals surface area (Å²) in [6, 6.07) is 0.0924. The van der Waals surface area contributed by atoms with Crippen molar-refractivity contribution in [2.45, 2.75) is 38.1 Å². The maximum atomic E-state index is 12.9. The largest absolute Gasteiger partial charge is 0.379 e. The lowest BCUT2D eigenvalue weighted by atomic mass is 9.97. The Bertz CT molecular complexity index is 781. The van der Waals surface area contributed by atoms with Gasteiger partial charge in [-0.15, -0.1) is 11.3 Å². The molecule has 0 aromatic carbocycles. The van der Waals surface area contributed by atoms with E-state index >= 15 is 0 Å². The van der Waals surface area contributed by atoms with E-state index in [-0.39, 0.29) is 11.6 Å². The minimum atomic E-state index is 0.0821. The van der Waals surface area contributed by atoms with Gasteiger partial charge in [0, 0.05) is 11.5 Å². The molecule has 1 unspecified atom stereocenters. The third-order valence-electron chi connectivity index (χ3n) is 4.31. The van der Waals surface area contributed by atoms with Crippen LogP contribution in [0.2, 0.25) is 0 Å². The van der Waals surface area contributed by atoms with Crippen LogP contribution in [0.25, 0.3) is 10.2 Å². The van der Waals surface area contributed by atoms with E-state index in [2.05, 4.69) is 4.98 Å². The van der Waals surface area contributed by atoms with Crippen molar-refractivity contribution >= 4 is 33.8 Å². The number of hydrogen-bond donors (Lipinski definition) is 1. The van der Waals surface area contributed by atoms with Crippen molar-refractivity contribution in [3.63, 3.8) is 0 Å². The maximum Gasteiger partial charge on any atom is 0.263 e. The number of thiophene rings is 1. The molecule has 2 aromatic rings. The van der Waals surface area contributed by atoms with Crippen LogP contribution < -0.4 is 5.56 Å². The average molecular weight is 308 g/mol. The van der Waals surface area contributed by atoms with Crippen molar-refractivity contribution in [2.75, 3.05) is 13.2 Å². The number of H-pyrrole nitrogens is 1. The molecule has 20 heavy (non-hydrogen) atoms. The number of aromatic amines is 1. The Morgan fingerprint density at radius 3 is 3.00 bits per heavy atom. The fourth-order valence-corrected chi connectivity index (χ4v) is 4.99. The van der Waals surface area contributed by atoms with E-state index in [1.165, 1.54) is 23.3 Å². The van der Waals surface area contributed by atoms with Crippen molar-refractivity contribution in [3.05, 3.63) is 25.6 Å². The molecule has 1 N–H and O–H groups in total. The topological polar surface area (TPSA) is 47.0 Å². The monoisotopic (exact) mass is 308 g/mol. The first-order valence-electron chi connectivity index (χ1n) is 7.12. The lowest BCUT2D eigenvalue weighted by Crippen LogP contribution is -2.27. The van der Waals surface area contributed by atoms with Crippen molar-refractivity contribution in [1.82, 2.24) is 9.55 Å². The third-order valence-corrected chi connectivity index (χ3v) is 5.82. The number of nitrogens with zero attached hydrogens (tertiary/aromatic N) is 1. The molecular formula is C14H16N2O2S2. The molecule has 1 aliphatic heterocycles. The first kappa shape index (κ1) is 12.7. The van der Waals surface area contributed by atoms with Crippen molar-refractivity contribution in [2.24, 2.45) is 0 Å². The Balaban J connectivity index is 2.01. The highest BCUT2D eigenvalue weighted by Crippen LogP contribution is 2.34. The van der Waals surface area contributed by atoms with Crippen LogP contribution in [0.4, 0.5) is 0 Å². The molecule has 0 radical (unpaired) electrons. The van der Waals surface area contributed by atoms with E-state index in [0.29, 0.717) is 18.0 Å². The zero-order valence-electron chi connectivity index (χ0n) is 11.1. The molecule has 1 atom stereocenters. The Hall–Kier alpha value is -0.980. The Morgan fingerprint density at radius 2 is 2.20 bits per heavy atom. The molecule has 0 bridgehead atoms. The summed E-state index contributed by atoms with van der Waals surface area (Å²) in [5.74, 6) is 0. The van der Waals surface area contributed by atoms with Crippen molar-refractivity contribution in [1.29, 1.82) is 0 Å². The van der Waals surface area contributed by atoms with E-state index in [1.807, 2.05) is 0 Å². The molecule has 1 saturated heterocycles. The smallest absolute Gasteiger partial charge is 0.263 e. The van der Waals surface area contributed by atoms with Gasteiger partial charge in [0.1, 0.15) is 4.83 Å². The van der Waals surface area contributed by atoms with Crippen LogP contribution in [-0.2, 0) is 17.6 Å². The van der Waals surface area contributed by atoms with Crippen LogP contribution in [0.1, 0.15) is 35.7 Å². The van der Waals surface area contributed by atoms with Gasteiger partial charge in [0.15, 0.2) is 4.77 Å². The molecule has 3 heterocycles. The summed E-state index contributed by atoms with van der Waals surface area (Å²) < 4.78 is 7.69. The summed E-state index contributed by atoms with van der Waals surface area (Å²) in [6.07, 6.45) is 5.40.